The van der Waals surface area contributed by atoms with Crippen molar-refractivity contribution in [3.8, 4) is 11.5 Å². The van der Waals surface area contributed by atoms with E-state index in [1.165, 1.54) is 0 Å². The highest BCUT2D eigenvalue weighted by Crippen LogP contribution is 2.23. The molecular weight excluding hydrogens is 214 g/mol. The lowest BCUT2D eigenvalue weighted by molar-refractivity contribution is 0.607. The highest BCUT2D eigenvalue weighted by molar-refractivity contribution is 5.73. The number of fused-ring (bicyclic) bond motifs is 1. The van der Waals surface area contributed by atoms with Gasteiger partial charge in [-0.1, -0.05) is 0 Å². The highest BCUT2D eigenvalue weighted by atomic mass is 16.4. The van der Waals surface area contributed by atoms with Crippen molar-refractivity contribution in [3.05, 3.63) is 42.1 Å². The Morgan fingerprint density at radius 1 is 1.18 bits per heavy atom. The normalized spacial score (nSPS) is 10.9. The summed E-state index contributed by atoms with van der Waals surface area (Å²) in [7, 11) is 0. The van der Waals surface area contributed by atoms with Crippen molar-refractivity contribution in [1.82, 2.24) is 9.97 Å². The average Bonchev–Trinajstić information content (AvgIpc) is 2.72. The fourth-order valence-electron chi connectivity index (χ4n) is 1.67. The summed E-state index contributed by atoms with van der Waals surface area (Å²) in [5.41, 5.74) is 9.65. The summed E-state index contributed by atoms with van der Waals surface area (Å²) in [5.74, 6) is 0.568. The molecule has 0 fully saturated rings. The molecule has 0 amide bonds. The predicted octanol–water partition coefficient (Wildman–Crippen LogP) is 2.78. The van der Waals surface area contributed by atoms with Gasteiger partial charge in [-0.05, 0) is 42.8 Å². The first-order valence-electron chi connectivity index (χ1n) is 5.31. The topological polar surface area (TPSA) is 64.9 Å². The number of hydrogen-bond acceptors (Lipinski definition) is 4. The van der Waals surface area contributed by atoms with Crippen LogP contribution in [-0.4, -0.2) is 9.97 Å². The van der Waals surface area contributed by atoms with Gasteiger partial charge < -0.3 is 10.2 Å². The molecule has 0 saturated carbocycles. The van der Waals surface area contributed by atoms with Crippen LogP contribution in [0.4, 0.5) is 5.69 Å². The Hall–Kier alpha value is -2.36. The molecule has 0 unspecified atom stereocenters. The van der Waals surface area contributed by atoms with Gasteiger partial charge in [-0.3, -0.25) is 0 Å². The molecule has 3 aromatic rings. The van der Waals surface area contributed by atoms with Crippen LogP contribution in [0.5, 0.6) is 0 Å². The Morgan fingerprint density at radius 3 is 2.71 bits per heavy atom. The standard InChI is InChI=1S/C13H11N3O/c1-8-6-11-13(15-7-8)17-12(16-11)9-2-4-10(14)5-3-9/h2-7H,14H2,1H3. The molecule has 0 aliphatic heterocycles. The molecule has 2 heterocycles. The van der Waals surface area contributed by atoms with Crippen LogP contribution in [0.3, 0.4) is 0 Å². The average molecular weight is 225 g/mol. The summed E-state index contributed by atoms with van der Waals surface area (Å²) >= 11 is 0. The van der Waals surface area contributed by atoms with Gasteiger partial charge in [-0.15, -0.1) is 0 Å². The van der Waals surface area contributed by atoms with E-state index >= 15 is 0 Å². The van der Waals surface area contributed by atoms with Crippen LogP contribution in [0.1, 0.15) is 5.56 Å². The van der Waals surface area contributed by atoms with Gasteiger partial charge in [0.25, 0.3) is 0 Å². The van der Waals surface area contributed by atoms with Gasteiger partial charge in [0.1, 0.15) is 5.52 Å². The van der Waals surface area contributed by atoms with E-state index < -0.39 is 0 Å². The number of nitrogens with two attached hydrogens (primary N) is 1. The Kier molecular flexibility index (Phi) is 2.08. The minimum atomic E-state index is 0.558. The molecule has 0 saturated heterocycles. The van der Waals surface area contributed by atoms with Crippen LogP contribution < -0.4 is 5.73 Å². The van der Waals surface area contributed by atoms with Gasteiger partial charge in [-0.2, -0.15) is 0 Å². The Morgan fingerprint density at radius 2 is 1.94 bits per heavy atom. The third kappa shape index (κ3) is 1.73. The fraction of sp³-hybridized carbons (Fsp3) is 0.0769. The van der Waals surface area contributed by atoms with E-state index in [1.54, 1.807) is 6.20 Å². The maximum absolute atomic E-state index is 5.64. The highest BCUT2D eigenvalue weighted by Gasteiger charge is 2.08. The van der Waals surface area contributed by atoms with E-state index in [4.69, 9.17) is 10.2 Å². The van der Waals surface area contributed by atoms with Gasteiger partial charge >= 0.3 is 0 Å². The molecule has 17 heavy (non-hydrogen) atoms. The fourth-order valence-corrected chi connectivity index (χ4v) is 1.67. The molecule has 0 atom stereocenters. The maximum Gasteiger partial charge on any atom is 0.247 e. The second kappa shape index (κ2) is 3.59. The van der Waals surface area contributed by atoms with Gasteiger partial charge in [0.2, 0.25) is 11.6 Å². The number of hydrogen-bond donors (Lipinski definition) is 1. The van der Waals surface area contributed by atoms with Crippen LogP contribution in [-0.2, 0) is 0 Å². The molecule has 2 N–H and O–H groups in total. The van der Waals surface area contributed by atoms with E-state index in [9.17, 15) is 0 Å². The lowest BCUT2D eigenvalue weighted by atomic mass is 10.2. The molecule has 0 spiro atoms. The molecule has 0 bridgehead atoms. The van der Waals surface area contributed by atoms with Crippen LogP contribution in [0.25, 0.3) is 22.7 Å². The second-order valence-corrected chi connectivity index (χ2v) is 3.98. The molecule has 4 nitrogen and oxygen atoms in total. The molecule has 84 valence electrons. The molecule has 3 rings (SSSR count). The monoisotopic (exact) mass is 225 g/mol. The number of pyridine rings is 1. The largest absolute Gasteiger partial charge is 0.418 e. The summed E-state index contributed by atoms with van der Waals surface area (Å²) in [4.78, 5) is 8.59. The Labute approximate surface area is 98.1 Å². The number of aromatic nitrogens is 2. The number of nitrogens with zero attached hydrogens (tertiary/aromatic N) is 2. The SMILES string of the molecule is Cc1cnc2oc(-c3ccc(N)cc3)nc2c1. The Bertz CT molecular complexity index is 671. The molecule has 0 radical (unpaired) electrons. The number of oxazole rings is 1. The summed E-state index contributed by atoms with van der Waals surface area (Å²) in [5, 5.41) is 0. The van der Waals surface area contributed by atoms with Gasteiger partial charge in [0.15, 0.2) is 0 Å². The van der Waals surface area contributed by atoms with Crippen LogP contribution in [0.2, 0.25) is 0 Å². The van der Waals surface area contributed by atoms with E-state index in [0.717, 1.165) is 22.3 Å². The Balaban J connectivity index is 2.14. The van der Waals surface area contributed by atoms with Crippen molar-refractivity contribution in [2.24, 2.45) is 0 Å². The molecule has 0 aliphatic rings. The molecular formula is C13H11N3O. The van der Waals surface area contributed by atoms with E-state index in [1.807, 2.05) is 37.3 Å². The smallest absolute Gasteiger partial charge is 0.247 e. The first-order valence-corrected chi connectivity index (χ1v) is 5.31. The summed E-state index contributed by atoms with van der Waals surface area (Å²) in [6.45, 7) is 1.98. The molecule has 4 heteroatoms. The quantitative estimate of drug-likeness (QED) is 0.647. The third-order valence-corrected chi connectivity index (χ3v) is 2.54. The van der Waals surface area contributed by atoms with Crippen molar-refractivity contribution in [2.45, 2.75) is 6.92 Å². The van der Waals surface area contributed by atoms with Crippen LogP contribution in [0, 0.1) is 6.92 Å². The van der Waals surface area contributed by atoms with Gasteiger partial charge in [-0.25, -0.2) is 9.97 Å². The summed E-state index contributed by atoms with van der Waals surface area (Å²) < 4.78 is 5.59. The number of anilines is 1. The van der Waals surface area contributed by atoms with Gasteiger partial charge in [0, 0.05) is 17.4 Å². The molecule has 1 aromatic carbocycles. The summed E-state index contributed by atoms with van der Waals surface area (Å²) in [6, 6.07) is 9.36. The minimum absolute atomic E-state index is 0.558. The lowest BCUT2D eigenvalue weighted by Gasteiger charge is -1.95. The van der Waals surface area contributed by atoms with Crippen molar-refractivity contribution < 1.29 is 4.42 Å². The zero-order valence-electron chi connectivity index (χ0n) is 9.34. The third-order valence-electron chi connectivity index (χ3n) is 2.54. The first kappa shape index (κ1) is 9.84. The van der Waals surface area contributed by atoms with Crippen molar-refractivity contribution >= 4 is 16.9 Å². The zero-order valence-corrected chi connectivity index (χ0v) is 9.34. The number of benzene rings is 1. The molecule has 2 aromatic heterocycles. The first-order chi connectivity index (χ1) is 8.22. The van der Waals surface area contributed by atoms with E-state index in [0.29, 0.717) is 11.6 Å². The van der Waals surface area contributed by atoms with E-state index in [-0.39, 0.29) is 0 Å². The number of nitrogen functional groups attached to an aromatic ring is 1. The zero-order chi connectivity index (χ0) is 11.8. The second-order valence-electron chi connectivity index (χ2n) is 3.98. The number of rotatable bonds is 1. The van der Waals surface area contributed by atoms with Crippen molar-refractivity contribution in [2.75, 3.05) is 5.73 Å². The minimum Gasteiger partial charge on any atom is -0.418 e. The van der Waals surface area contributed by atoms with E-state index in [2.05, 4.69) is 9.97 Å². The summed E-state index contributed by atoms with van der Waals surface area (Å²) in [6.07, 6.45) is 1.76. The maximum atomic E-state index is 5.64. The molecule has 0 aliphatic carbocycles. The van der Waals surface area contributed by atoms with Gasteiger partial charge in [0.05, 0.1) is 0 Å². The van der Waals surface area contributed by atoms with Crippen LogP contribution >= 0.6 is 0 Å². The van der Waals surface area contributed by atoms with Crippen LogP contribution in [0.15, 0.2) is 40.9 Å². The van der Waals surface area contributed by atoms with Crippen molar-refractivity contribution in [1.29, 1.82) is 0 Å². The van der Waals surface area contributed by atoms with Crippen molar-refractivity contribution in [3.63, 3.8) is 0 Å². The number of aryl methyl sites for hydroxylation is 1. The lowest BCUT2D eigenvalue weighted by Crippen LogP contribution is -1.83. The predicted molar refractivity (Wildman–Crippen MR) is 66.4 cm³/mol.